The van der Waals surface area contributed by atoms with E-state index in [1.165, 1.54) is 0 Å². The third kappa shape index (κ3) is 2.69. The van der Waals surface area contributed by atoms with E-state index in [1.807, 2.05) is 20.8 Å². The van der Waals surface area contributed by atoms with Gasteiger partial charge in [-0.1, -0.05) is 0 Å². The summed E-state index contributed by atoms with van der Waals surface area (Å²) >= 11 is 0. The quantitative estimate of drug-likeness (QED) is 0.740. The van der Waals surface area contributed by atoms with Crippen molar-refractivity contribution in [3.63, 3.8) is 0 Å². The summed E-state index contributed by atoms with van der Waals surface area (Å²) in [5.41, 5.74) is 0.147. The van der Waals surface area contributed by atoms with Crippen LogP contribution < -0.4 is 5.76 Å². The minimum Gasteiger partial charge on any atom is -0.444 e. The van der Waals surface area contributed by atoms with Gasteiger partial charge >= 0.3 is 11.8 Å². The van der Waals surface area contributed by atoms with Gasteiger partial charge in [0.25, 0.3) is 0 Å². The van der Waals surface area contributed by atoms with Gasteiger partial charge < -0.3 is 14.1 Å². The smallest absolute Gasteiger partial charge is 0.416 e. The number of rotatable bonds is 0. The lowest BCUT2D eigenvalue weighted by Gasteiger charge is -2.29. The van der Waals surface area contributed by atoms with Crippen molar-refractivity contribution < 1.29 is 13.9 Å². The number of carbonyl (C=O) groups excluding carboxylic acids is 1. The molecular weight excluding hydrogens is 224 g/mol. The molecule has 1 aromatic heterocycles. The molecule has 0 spiro atoms. The summed E-state index contributed by atoms with van der Waals surface area (Å²) in [6, 6.07) is 0. The Labute approximate surface area is 98.6 Å². The number of amides is 1. The molecule has 0 bridgehead atoms. The first kappa shape index (κ1) is 11.8. The molecule has 0 saturated carbocycles. The molecule has 2 rings (SSSR count). The first-order chi connectivity index (χ1) is 7.85. The lowest BCUT2D eigenvalue weighted by atomic mass is 10.2. The number of fused-ring (bicyclic) bond motifs is 1. The zero-order valence-corrected chi connectivity index (χ0v) is 10.2. The molecule has 6 heteroatoms. The Bertz CT molecular complexity index is 480. The van der Waals surface area contributed by atoms with Crippen LogP contribution in [0.2, 0.25) is 0 Å². The summed E-state index contributed by atoms with van der Waals surface area (Å²) in [6.45, 7) is 6.29. The van der Waals surface area contributed by atoms with Gasteiger partial charge in [0.2, 0.25) is 0 Å². The van der Waals surface area contributed by atoms with E-state index in [2.05, 4.69) is 4.98 Å². The van der Waals surface area contributed by atoms with Gasteiger partial charge in [-0.15, -0.1) is 0 Å². The highest BCUT2D eigenvalue weighted by atomic mass is 16.6. The molecule has 1 aromatic rings. The van der Waals surface area contributed by atoms with Crippen LogP contribution in [0.15, 0.2) is 9.21 Å². The first-order valence-electron chi connectivity index (χ1n) is 5.54. The van der Waals surface area contributed by atoms with Crippen LogP contribution in [0.1, 0.15) is 32.2 Å². The summed E-state index contributed by atoms with van der Waals surface area (Å²) in [6.07, 6.45) is 0.165. The van der Waals surface area contributed by atoms with Gasteiger partial charge in [0.05, 0.1) is 12.2 Å². The summed E-state index contributed by atoms with van der Waals surface area (Å²) in [4.78, 5) is 26.9. The lowest BCUT2D eigenvalue weighted by Crippen LogP contribution is -2.39. The molecule has 2 heterocycles. The maximum atomic E-state index is 11.8. The molecule has 94 valence electrons. The van der Waals surface area contributed by atoms with Crippen molar-refractivity contribution >= 4 is 6.09 Å². The van der Waals surface area contributed by atoms with Crippen molar-refractivity contribution in [3.8, 4) is 0 Å². The Balaban J connectivity index is 2.07. The van der Waals surface area contributed by atoms with Crippen LogP contribution in [0, 0.1) is 0 Å². The SMILES string of the molecule is CC(C)(C)OC(=O)N1CCc2oc(=O)[nH]c2C1. The average Bonchev–Trinajstić information content (AvgIpc) is 2.53. The van der Waals surface area contributed by atoms with Crippen LogP contribution in [0.25, 0.3) is 0 Å². The second-order valence-corrected chi connectivity index (χ2v) is 5.07. The van der Waals surface area contributed by atoms with Crippen molar-refractivity contribution in [2.75, 3.05) is 6.54 Å². The highest BCUT2D eigenvalue weighted by Gasteiger charge is 2.27. The molecule has 1 amide bonds. The van der Waals surface area contributed by atoms with Crippen molar-refractivity contribution in [2.45, 2.75) is 39.3 Å². The minimum absolute atomic E-state index is 0.329. The van der Waals surface area contributed by atoms with Crippen LogP contribution in [-0.2, 0) is 17.7 Å². The molecule has 0 fully saturated rings. The summed E-state index contributed by atoms with van der Waals surface area (Å²) in [5, 5.41) is 0. The molecule has 0 unspecified atom stereocenters. The molecule has 6 nitrogen and oxygen atoms in total. The lowest BCUT2D eigenvalue weighted by molar-refractivity contribution is 0.0217. The third-order valence-corrected chi connectivity index (χ3v) is 2.41. The Morgan fingerprint density at radius 2 is 2.18 bits per heavy atom. The molecule has 0 aromatic carbocycles. The van der Waals surface area contributed by atoms with Gasteiger partial charge in [-0.3, -0.25) is 4.98 Å². The second kappa shape index (κ2) is 3.94. The van der Waals surface area contributed by atoms with Gasteiger partial charge in [-0.2, -0.15) is 0 Å². The average molecular weight is 240 g/mol. The first-order valence-corrected chi connectivity index (χ1v) is 5.54. The number of hydrogen-bond acceptors (Lipinski definition) is 4. The van der Waals surface area contributed by atoms with Crippen LogP contribution in [0.4, 0.5) is 4.79 Å². The Morgan fingerprint density at radius 1 is 1.47 bits per heavy atom. The standard InChI is InChI=1S/C11H16N2O4/c1-11(2,3)17-10(15)13-5-4-8-7(6-13)12-9(14)16-8/h4-6H2,1-3H3,(H,12,14). The van der Waals surface area contributed by atoms with E-state index in [4.69, 9.17) is 9.15 Å². The number of ether oxygens (including phenoxy) is 1. The number of H-pyrrole nitrogens is 1. The van der Waals surface area contributed by atoms with Gasteiger partial charge in [-0.05, 0) is 20.8 Å². The van der Waals surface area contributed by atoms with Crippen LogP contribution in [0.5, 0.6) is 0 Å². The minimum atomic E-state index is -0.513. The number of nitrogens with one attached hydrogen (secondary N) is 1. The molecule has 1 aliphatic rings. The van der Waals surface area contributed by atoms with Crippen LogP contribution >= 0.6 is 0 Å². The number of aromatic nitrogens is 1. The van der Waals surface area contributed by atoms with Gasteiger partial charge in [0.1, 0.15) is 11.4 Å². The molecule has 0 atom stereocenters. The maximum Gasteiger partial charge on any atom is 0.416 e. The Hall–Kier alpha value is -1.72. The largest absolute Gasteiger partial charge is 0.444 e. The van der Waals surface area contributed by atoms with Crippen molar-refractivity contribution in [1.82, 2.24) is 9.88 Å². The second-order valence-electron chi connectivity index (χ2n) is 5.07. The molecule has 0 radical (unpaired) electrons. The maximum absolute atomic E-state index is 11.8. The highest BCUT2D eigenvalue weighted by molar-refractivity contribution is 5.68. The van der Waals surface area contributed by atoms with Crippen LogP contribution in [-0.4, -0.2) is 28.1 Å². The topological polar surface area (TPSA) is 75.5 Å². The van der Waals surface area contributed by atoms with E-state index in [-0.39, 0.29) is 6.09 Å². The van der Waals surface area contributed by atoms with E-state index < -0.39 is 11.4 Å². The third-order valence-electron chi connectivity index (χ3n) is 2.41. The predicted molar refractivity (Wildman–Crippen MR) is 59.7 cm³/mol. The van der Waals surface area contributed by atoms with E-state index >= 15 is 0 Å². The van der Waals surface area contributed by atoms with Gasteiger partial charge in [-0.25, -0.2) is 9.59 Å². The van der Waals surface area contributed by atoms with Crippen molar-refractivity contribution in [3.05, 3.63) is 22.0 Å². The predicted octanol–water partition coefficient (Wildman–Crippen LogP) is 1.26. The highest BCUT2D eigenvalue weighted by Crippen LogP contribution is 2.18. The monoisotopic (exact) mass is 240 g/mol. The van der Waals surface area contributed by atoms with Crippen molar-refractivity contribution in [2.24, 2.45) is 0 Å². The summed E-state index contributed by atoms with van der Waals surface area (Å²) in [7, 11) is 0. The van der Waals surface area contributed by atoms with E-state index in [0.717, 1.165) is 0 Å². The number of carbonyl (C=O) groups is 1. The fraction of sp³-hybridized carbons (Fsp3) is 0.636. The number of nitrogens with zero attached hydrogens (tertiary/aromatic N) is 1. The Kier molecular flexibility index (Phi) is 2.73. The molecule has 17 heavy (non-hydrogen) atoms. The molecular formula is C11H16N2O4. The van der Waals surface area contributed by atoms with Gasteiger partial charge in [0.15, 0.2) is 0 Å². The zero-order valence-electron chi connectivity index (χ0n) is 10.2. The fourth-order valence-corrected chi connectivity index (χ4v) is 1.71. The van der Waals surface area contributed by atoms with E-state index in [9.17, 15) is 9.59 Å². The molecule has 1 N–H and O–H groups in total. The molecule has 1 aliphatic heterocycles. The molecule has 0 saturated heterocycles. The van der Waals surface area contributed by atoms with Crippen molar-refractivity contribution in [1.29, 1.82) is 0 Å². The number of hydrogen-bond donors (Lipinski definition) is 1. The fourth-order valence-electron chi connectivity index (χ4n) is 1.71. The number of aromatic amines is 1. The summed E-state index contributed by atoms with van der Waals surface area (Å²) < 4.78 is 10.2. The zero-order chi connectivity index (χ0) is 12.6. The van der Waals surface area contributed by atoms with Gasteiger partial charge in [0, 0.05) is 13.0 Å². The van der Waals surface area contributed by atoms with E-state index in [1.54, 1.807) is 4.90 Å². The summed E-state index contributed by atoms with van der Waals surface area (Å²) in [5.74, 6) is 0.163. The van der Waals surface area contributed by atoms with Crippen LogP contribution in [0.3, 0.4) is 0 Å². The normalized spacial score (nSPS) is 15.6. The Morgan fingerprint density at radius 3 is 2.82 bits per heavy atom. The molecule has 0 aliphatic carbocycles. The van der Waals surface area contributed by atoms with E-state index in [0.29, 0.717) is 31.0 Å². The number of oxazole rings is 1.